The van der Waals surface area contributed by atoms with Crippen molar-refractivity contribution in [3.8, 4) is 17.2 Å². The monoisotopic (exact) mass is 467 g/mol. The molecule has 1 N–H and O–H groups in total. The number of aryl methyl sites for hydroxylation is 2. The third kappa shape index (κ3) is 4.24. The van der Waals surface area contributed by atoms with Gasteiger partial charge in [-0.2, -0.15) is 0 Å². The molecular formula is C21H25NO7S2. The summed E-state index contributed by atoms with van der Waals surface area (Å²) in [4.78, 5) is 0.141. The molecule has 8 nitrogen and oxygen atoms in total. The number of fused-ring (bicyclic) bond motifs is 1. The van der Waals surface area contributed by atoms with Gasteiger partial charge in [-0.3, -0.25) is 0 Å². The Balaban J connectivity index is 1.60. The van der Waals surface area contributed by atoms with Crippen molar-refractivity contribution in [3.63, 3.8) is 0 Å². The van der Waals surface area contributed by atoms with Gasteiger partial charge in [-0.05, 0) is 54.8 Å². The van der Waals surface area contributed by atoms with Crippen molar-refractivity contribution in [2.45, 2.75) is 36.6 Å². The predicted octanol–water partition coefficient (Wildman–Crippen LogP) is 1.77. The molecule has 2 heterocycles. The van der Waals surface area contributed by atoms with Gasteiger partial charge in [0, 0.05) is 12.6 Å². The zero-order chi connectivity index (χ0) is 22.4. The van der Waals surface area contributed by atoms with Crippen molar-refractivity contribution >= 4 is 19.7 Å². The summed E-state index contributed by atoms with van der Waals surface area (Å²) in [6.45, 7) is 3.92. The Labute approximate surface area is 182 Å². The lowest BCUT2D eigenvalue weighted by Gasteiger charge is -2.22. The fraction of sp³-hybridized carbons (Fsp3) is 0.429. The van der Waals surface area contributed by atoms with E-state index in [2.05, 4.69) is 5.32 Å². The van der Waals surface area contributed by atoms with E-state index >= 15 is 0 Å². The van der Waals surface area contributed by atoms with Crippen LogP contribution in [0.2, 0.25) is 0 Å². The highest BCUT2D eigenvalue weighted by Gasteiger charge is 2.46. The van der Waals surface area contributed by atoms with E-state index in [-0.39, 0.29) is 17.4 Å². The number of nitrogens with one attached hydrogen (secondary N) is 1. The molecule has 1 fully saturated rings. The third-order valence-electron chi connectivity index (χ3n) is 5.70. The number of benzene rings is 2. The second kappa shape index (κ2) is 7.99. The van der Waals surface area contributed by atoms with Crippen LogP contribution in [0.1, 0.15) is 16.7 Å². The van der Waals surface area contributed by atoms with Crippen molar-refractivity contribution in [2.24, 2.45) is 0 Å². The van der Waals surface area contributed by atoms with Gasteiger partial charge in [0.2, 0.25) is 6.79 Å². The second-order valence-corrected chi connectivity index (χ2v) is 12.2. The van der Waals surface area contributed by atoms with E-state index in [4.69, 9.17) is 14.2 Å². The summed E-state index contributed by atoms with van der Waals surface area (Å²) < 4.78 is 67.7. The van der Waals surface area contributed by atoms with Crippen LogP contribution in [0.4, 0.5) is 0 Å². The molecule has 2 aromatic carbocycles. The highest BCUT2D eigenvalue weighted by Crippen LogP contribution is 2.34. The number of methoxy groups -OCH3 is 1. The quantitative estimate of drug-likeness (QED) is 0.685. The third-order valence-corrected chi connectivity index (χ3v) is 9.99. The minimum absolute atomic E-state index is 0.141. The van der Waals surface area contributed by atoms with Crippen LogP contribution in [0.5, 0.6) is 17.2 Å². The lowest BCUT2D eigenvalue weighted by Crippen LogP contribution is -2.43. The molecule has 0 radical (unpaired) electrons. The van der Waals surface area contributed by atoms with E-state index in [1.54, 1.807) is 38.1 Å². The van der Waals surface area contributed by atoms with E-state index < -0.39 is 36.7 Å². The van der Waals surface area contributed by atoms with Crippen LogP contribution >= 0.6 is 0 Å². The minimum Gasteiger partial charge on any atom is -0.496 e. The largest absolute Gasteiger partial charge is 0.496 e. The number of ether oxygens (including phenoxy) is 3. The van der Waals surface area contributed by atoms with Crippen LogP contribution in [0, 0.1) is 13.8 Å². The first-order valence-electron chi connectivity index (χ1n) is 9.82. The fourth-order valence-electron chi connectivity index (χ4n) is 4.06. The first-order valence-corrected chi connectivity index (χ1v) is 13.2. The van der Waals surface area contributed by atoms with Crippen molar-refractivity contribution in [1.29, 1.82) is 0 Å². The minimum atomic E-state index is -3.89. The van der Waals surface area contributed by atoms with Crippen molar-refractivity contribution in [1.82, 2.24) is 5.32 Å². The van der Waals surface area contributed by atoms with E-state index in [0.717, 1.165) is 5.56 Å². The topological polar surface area (TPSA) is 108 Å². The molecule has 0 saturated carbocycles. The molecule has 0 aliphatic carbocycles. The molecule has 2 aliphatic rings. The Morgan fingerprint density at radius 2 is 1.81 bits per heavy atom. The summed E-state index contributed by atoms with van der Waals surface area (Å²) in [6, 6.07) is 7.93. The van der Waals surface area contributed by atoms with Crippen LogP contribution in [0.25, 0.3) is 0 Å². The van der Waals surface area contributed by atoms with Gasteiger partial charge >= 0.3 is 0 Å². The molecule has 2 aliphatic heterocycles. The summed E-state index contributed by atoms with van der Waals surface area (Å²) >= 11 is 0. The van der Waals surface area contributed by atoms with Crippen LogP contribution in [0.3, 0.4) is 0 Å². The maximum Gasteiger partial charge on any atom is 0.231 e. The van der Waals surface area contributed by atoms with E-state index in [1.165, 1.54) is 7.11 Å². The molecule has 0 spiro atoms. The zero-order valence-electron chi connectivity index (χ0n) is 17.5. The molecule has 10 heteroatoms. The summed E-state index contributed by atoms with van der Waals surface area (Å²) in [5.74, 6) is 1.23. The lowest BCUT2D eigenvalue weighted by atomic mass is 10.1. The molecule has 0 bridgehead atoms. The molecule has 0 aromatic heterocycles. The number of hydrogen-bond acceptors (Lipinski definition) is 8. The summed E-state index contributed by atoms with van der Waals surface area (Å²) in [6.07, 6.45) is 0. The Kier molecular flexibility index (Phi) is 5.65. The highest BCUT2D eigenvalue weighted by molar-refractivity contribution is 7.96. The highest BCUT2D eigenvalue weighted by atomic mass is 32.2. The zero-order valence-corrected chi connectivity index (χ0v) is 19.2. The van der Waals surface area contributed by atoms with Crippen LogP contribution in [-0.2, 0) is 26.2 Å². The maximum atomic E-state index is 13.5. The van der Waals surface area contributed by atoms with Gasteiger partial charge in [0.25, 0.3) is 0 Å². The van der Waals surface area contributed by atoms with Crippen LogP contribution in [0.15, 0.2) is 35.2 Å². The SMILES string of the molecule is COc1cc(C)c(S(=O)(=O)[C@H]2CS(=O)(=O)C[C@@H]2NCc2ccc3c(c2)OCO3)cc1C. The Morgan fingerprint density at radius 1 is 1.06 bits per heavy atom. The maximum absolute atomic E-state index is 13.5. The second-order valence-electron chi connectivity index (χ2n) is 7.92. The average molecular weight is 468 g/mol. The van der Waals surface area contributed by atoms with Gasteiger partial charge < -0.3 is 19.5 Å². The van der Waals surface area contributed by atoms with Crippen molar-refractivity contribution < 1.29 is 31.0 Å². The van der Waals surface area contributed by atoms with Crippen LogP contribution < -0.4 is 19.5 Å². The fourth-order valence-corrected chi connectivity index (χ4v) is 9.09. The van der Waals surface area contributed by atoms with Gasteiger partial charge in [0.1, 0.15) is 5.75 Å². The first kappa shape index (κ1) is 21.9. The number of sulfone groups is 2. The molecule has 2 aromatic rings. The first-order chi connectivity index (χ1) is 14.6. The molecular weight excluding hydrogens is 442 g/mol. The molecule has 31 heavy (non-hydrogen) atoms. The molecule has 0 amide bonds. The summed E-state index contributed by atoms with van der Waals surface area (Å²) in [5, 5.41) is 2.08. The van der Waals surface area contributed by atoms with Gasteiger partial charge in [0.15, 0.2) is 31.2 Å². The van der Waals surface area contributed by atoms with E-state index in [0.29, 0.717) is 34.9 Å². The Morgan fingerprint density at radius 3 is 2.55 bits per heavy atom. The molecule has 2 atom stereocenters. The van der Waals surface area contributed by atoms with Gasteiger partial charge in [-0.15, -0.1) is 0 Å². The van der Waals surface area contributed by atoms with Gasteiger partial charge in [0.05, 0.1) is 28.8 Å². The van der Waals surface area contributed by atoms with Gasteiger partial charge in [-0.1, -0.05) is 6.07 Å². The van der Waals surface area contributed by atoms with E-state index in [9.17, 15) is 16.8 Å². The average Bonchev–Trinajstić information content (AvgIpc) is 3.30. The lowest BCUT2D eigenvalue weighted by molar-refractivity contribution is 0.174. The smallest absolute Gasteiger partial charge is 0.231 e. The summed E-state index contributed by atoms with van der Waals surface area (Å²) in [5.41, 5.74) is 2.06. The van der Waals surface area contributed by atoms with Crippen molar-refractivity contribution in [3.05, 3.63) is 47.0 Å². The summed E-state index contributed by atoms with van der Waals surface area (Å²) in [7, 11) is -5.87. The number of rotatable bonds is 6. The molecule has 1 saturated heterocycles. The normalized spacial score (nSPS) is 21.9. The molecule has 4 rings (SSSR count). The Hall–Kier alpha value is -2.30. The van der Waals surface area contributed by atoms with E-state index in [1.807, 2.05) is 6.07 Å². The predicted molar refractivity (Wildman–Crippen MR) is 115 cm³/mol. The standard InChI is InChI=1S/C21H25NO7S2/c1-13-7-20(14(2)6-18(13)27-3)31(25,26)21-11-30(23,24)10-16(21)22-9-15-4-5-17-19(8-15)29-12-28-17/h4-8,16,21-22H,9-12H2,1-3H3/t16-,21-/m0/s1. The number of hydrogen-bond donors (Lipinski definition) is 1. The van der Waals surface area contributed by atoms with Crippen molar-refractivity contribution in [2.75, 3.05) is 25.4 Å². The molecule has 0 unspecified atom stereocenters. The van der Waals surface area contributed by atoms with Crippen LogP contribution in [-0.4, -0.2) is 53.5 Å². The van der Waals surface area contributed by atoms with Gasteiger partial charge in [-0.25, -0.2) is 16.8 Å². The molecule has 168 valence electrons. The Bertz CT molecular complexity index is 1220.